The van der Waals surface area contributed by atoms with Crippen molar-refractivity contribution in [3.8, 4) is 16.3 Å². The lowest BCUT2D eigenvalue weighted by Gasteiger charge is -2.13. The first-order valence-electron chi connectivity index (χ1n) is 10.3. The summed E-state index contributed by atoms with van der Waals surface area (Å²) in [5, 5.41) is 11.9. The summed E-state index contributed by atoms with van der Waals surface area (Å²) in [5.74, 6) is 0.321. The Hall–Kier alpha value is -3.76. The molecule has 0 fully saturated rings. The number of carbonyl (C=O) groups excluding carboxylic acids is 1. The number of hydrogen-bond donors (Lipinski definition) is 2. The maximum Gasteiger partial charge on any atom is 0.261 e. The van der Waals surface area contributed by atoms with E-state index in [9.17, 15) is 13.2 Å². The predicted octanol–water partition coefficient (Wildman–Crippen LogP) is 4.88. The molecule has 0 unspecified atom stereocenters. The number of anilines is 2. The molecule has 1 amide bonds. The second-order valence-electron chi connectivity index (χ2n) is 7.49. The number of hydrogen-bond acceptors (Lipinski definition) is 7. The van der Waals surface area contributed by atoms with Gasteiger partial charge in [-0.25, -0.2) is 8.42 Å². The van der Waals surface area contributed by atoms with Crippen molar-refractivity contribution in [2.75, 3.05) is 17.1 Å². The van der Waals surface area contributed by atoms with Crippen molar-refractivity contribution in [1.82, 2.24) is 10.2 Å². The standard InChI is InChI=1S/C24H22N4O4S2/c1-15-7-13-19(14-8-15)34(30,31)28-21-6-4-5-20(16(21)2)22(29)25-24-27-26-23(33-24)17-9-11-18(32-3)12-10-17/h4-14,28H,1-3H3,(H,25,27,29). The normalized spacial score (nSPS) is 11.1. The minimum absolute atomic E-state index is 0.146. The molecule has 4 rings (SSSR count). The molecule has 0 atom stereocenters. The summed E-state index contributed by atoms with van der Waals surface area (Å²) in [4.78, 5) is 13.1. The van der Waals surface area contributed by atoms with Crippen LogP contribution in [0.15, 0.2) is 71.6 Å². The van der Waals surface area contributed by atoms with Crippen LogP contribution in [0.2, 0.25) is 0 Å². The smallest absolute Gasteiger partial charge is 0.261 e. The van der Waals surface area contributed by atoms with Crippen LogP contribution in [0.1, 0.15) is 21.5 Å². The molecule has 10 heteroatoms. The number of methoxy groups -OCH3 is 1. The van der Waals surface area contributed by atoms with E-state index < -0.39 is 15.9 Å². The Kier molecular flexibility index (Phi) is 6.62. The maximum atomic E-state index is 12.9. The van der Waals surface area contributed by atoms with Crippen LogP contribution < -0.4 is 14.8 Å². The maximum absolute atomic E-state index is 12.9. The molecule has 8 nitrogen and oxygen atoms in total. The van der Waals surface area contributed by atoms with Crippen LogP contribution in [-0.4, -0.2) is 31.6 Å². The number of sulfonamides is 1. The summed E-state index contributed by atoms with van der Waals surface area (Å²) < 4.78 is 33.3. The van der Waals surface area contributed by atoms with Gasteiger partial charge < -0.3 is 4.74 Å². The summed E-state index contributed by atoms with van der Waals surface area (Å²) in [6, 6.07) is 18.8. The number of ether oxygens (including phenoxy) is 1. The number of aromatic nitrogens is 2. The van der Waals surface area contributed by atoms with Crippen LogP contribution in [0.5, 0.6) is 5.75 Å². The predicted molar refractivity (Wildman–Crippen MR) is 133 cm³/mol. The highest BCUT2D eigenvalue weighted by Gasteiger charge is 2.19. The monoisotopic (exact) mass is 494 g/mol. The Morgan fingerprint density at radius 3 is 2.32 bits per heavy atom. The van der Waals surface area contributed by atoms with Crippen LogP contribution in [0.3, 0.4) is 0 Å². The van der Waals surface area contributed by atoms with E-state index in [1.165, 1.54) is 11.3 Å². The highest BCUT2D eigenvalue weighted by molar-refractivity contribution is 7.92. The molecule has 0 bridgehead atoms. The lowest BCUT2D eigenvalue weighted by Crippen LogP contribution is -2.17. The molecule has 2 N–H and O–H groups in total. The van der Waals surface area contributed by atoms with Gasteiger partial charge in [0, 0.05) is 11.1 Å². The Morgan fingerprint density at radius 2 is 1.65 bits per heavy atom. The third-order valence-electron chi connectivity index (χ3n) is 5.14. The molecular weight excluding hydrogens is 472 g/mol. The second kappa shape index (κ2) is 9.62. The molecule has 0 aliphatic rings. The van der Waals surface area contributed by atoms with Crippen molar-refractivity contribution < 1.29 is 17.9 Å². The Bertz CT molecular complexity index is 1430. The van der Waals surface area contributed by atoms with Gasteiger partial charge in [0.15, 0.2) is 0 Å². The Morgan fingerprint density at radius 1 is 0.941 bits per heavy atom. The van der Waals surface area contributed by atoms with E-state index in [2.05, 4.69) is 20.2 Å². The topological polar surface area (TPSA) is 110 Å². The van der Waals surface area contributed by atoms with Crippen LogP contribution in [0.4, 0.5) is 10.8 Å². The molecule has 1 aromatic heterocycles. The zero-order chi connectivity index (χ0) is 24.3. The molecule has 34 heavy (non-hydrogen) atoms. The van der Waals surface area contributed by atoms with Crippen molar-refractivity contribution >= 4 is 38.1 Å². The van der Waals surface area contributed by atoms with E-state index in [-0.39, 0.29) is 4.90 Å². The van der Waals surface area contributed by atoms with Gasteiger partial charge in [-0.05, 0) is 67.9 Å². The minimum atomic E-state index is -3.80. The van der Waals surface area contributed by atoms with Crippen LogP contribution in [0.25, 0.3) is 10.6 Å². The number of rotatable bonds is 7. The number of amides is 1. The second-order valence-corrected chi connectivity index (χ2v) is 10.2. The summed E-state index contributed by atoms with van der Waals surface area (Å²) in [5.41, 5.74) is 2.95. The minimum Gasteiger partial charge on any atom is -0.497 e. The van der Waals surface area contributed by atoms with Crippen molar-refractivity contribution in [1.29, 1.82) is 0 Å². The number of carbonyl (C=O) groups is 1. The fraction of sp³-hybridized carbons (Fsp3) is 0.125. The third-order valence-corrected chi connectivity index (χ3v) is 7.41. The van der Waals surface area contributed by atoms with Gasteiger partial charge in [-0.3, -0.25) is 14.8 Å². The fourth-order valence-electron chi connectivity index (χ4n) is 3.20. The van der Waals surface area contributed by atoms with Crippen molar-refractivity contribution in [3.05, 3.63) is 83.4 Å². The molecule has 4 aromatic rings. The lowest BCUT2D eigenvalue weighted by atomic mass is 10.1. The van der Waals surface area contributed by atoms with E-state index in [1.54, 1.807) is 56.5 Å². The molecule has 3 aromatic carbocycles. The van der Waals surface area contributed by atoms with Crippen LogP contribution in [-0.2, 0) is 10.0 Å². The molecule has 0 saturated heterocycles. The summed E-state index contributed by atoms with van der Waals surface area (Å²) in [6.07, 6.45) is 0. The SMILES string of the molecule is COc1ccc(-c2nnc(NC(=O)c3cccc(NS(=O)(=O)c4ccc(C)cc4)c3C)s2)cc1. The van der Waals surface area contributed by atoms with Crippen molar-refractivity contribution in [2.45, 2.75) is 18.7 Å². The number of aryl methyl sites for hydroxylation is 1. The number of nitrogens with one attached hydrogen (secondary N) is 2. The van der Waals surface area contributed by atoms with E-state index in [1.807, 2.05) is 31.2 Å². The van der Waals surface area contributed by atoms with Gasteiger partial charge in [0.25, 0.3) is 15.9 Å². The van der Waals surface area contributed by atoms with Gasteiger partial charge in [0.2, 0.25) is 5.13 Å². The lowest BCUT2D eigenvalue weighted by molar-refractivity contribution is 0.102. The largest absolute Gasteiger partial charge is 0.497 e. The molecule has 1 heterocycles. The van der Waals surface area contributed by atoms with Gasteiger partial charge in [0.1, 0.15) is 10.8 Å². The first kappa shape index (κ1) is 23.4. The Balaban J connectivity index is 1.52. The zero-order valence-corrected chi connectivity index (χ0v) is 20.3. The van der Waals surface area contributed by atoms with E-state index in [0.29, 0.717) is 27.0 Å². The van der Waals surface area contributed by atoms with Crippen LogP contribution >= 0.6 is 11.3 Å². The third kappa shape index (κ3) is 5.08. The molecule has 0 radical (unpaired) electrons. The molecule has 0 aliphatic heterocycles. The summed E-state index contributed by atoms with van der Waals surface area (Å²) >= 11 is 1.23. The highest BCUT2D eigenvalue weighted by atomic mass is 32.2. The Labute approximate surface area is 201 Å². The quantitative estimate of drug-likeness (QED) is 0.379. The average molecular weight is 495 g/mol. The molecule has 0 spiro atoms. The average Bonchev–Trinajstić information content (AvgIpc) is 3.29. The number of benzene rings is 3. The number of nitrogens with zero attached hydrogens (tertiary/aromatic N) is 2. The first-order chi connectivity index (χ1) is 16.3. The zero-order valence-electron chi connectivity index (χ0n) is 18.7. The molecule has 174 valence electrons. The van der Waals surface area contributed by atoms with Gasteiger partial charge in [0.05, 0.1) is 17.7 Å². The molecular formula is C24H22N4O4S2. The van der Waals surface area contributed by atoms with Gasteiger partial charge in [-0.1, -0.05) is 35.1 Å². The van der Waals surface area contributed by atoms with Gasteiger partial charge in [-0.15, -0.1) is 10.2 Å². The van der Waals surface area contributed by atoms with E-state index >= 15 is 0 Å². The summed E-state index contributed by atoms with van der Waals surface area (Å²) in [6.45, 7) is 3.57. The molecule has 0 saturated carbocycles. The molecule has 0 aliphatic carbocycles. The van der Waals surface area contributed by atoms with Gasteiger partial charge in [-0.2, -0.15) is 0 Å². The highest BCUT2D eigenvalue weighted by Crippen LogP contribution is 2.29. The first-order valence-corrected chi connectivity index (χ1v) is 12.5. The van der Waals surface area contributed by atoms with Crippen molar-refractivity contribution in [3.63, 3.8) is 0 Å². The van der Waals surface area contributed by atoms with Gasteiger partial charge >= 0.3 is 0 Å². The summed E-state index contributed by atoms with van der Waals surface area (Å²) in [7, 11) is -2.20. The van der Waals surface area contributed by atoms with Crippen molar-refractivity contribution in [2.24, 2.45) is 0 Å². The van der Waals surface area contributed by atoms with E-state index in [0.717, 1.165) is 16.9 Å². The van der Waals surface area contributed by atoms with Crippen LogP contribution in [0, 0.1) is 13.8 Å². The fourth-order valence-corrected chi connectivity index (χ4v) is 5.07. The van der Waals surface area contributed by atoms with E-state index in [4.69, 9.17) is 4.74 Å².